The Morgan fingerprint density at radius 2 is 2.11 bits per heavy atom. The lowest BCUT2D eigenvalue weighted by Gasteiger charge is -2.19. The van der Waals surface area contributed by atoms with Crippen LogP contribution in [0.1, 0.15) is 37.2 Å². The first-order valence-corrected chi connectivity index (χ1v) is 6.91. The van der Waals surface area contributed by atoms with Crippen molar-refractivity contribution < 1.29 is 4.79 Å². The molecule has 0 bridgehead atoms. The lowest BCUT2D eigenvalue weighted by molar-refractivity contribution is 0.0924. The second kappa shape index (κ2) is 4.68. The summed E-state index contributed by atoms with van der Waals surface area (Å²) in [5.74, 6) is 1.15. The number of carbonyl (C=O) groups is 1. The number of hydrogen-bond acceptors (Lipinski definition) is 2. The van der Waals surface area contributed by atoms with E-state index in [-0.39, 0.29) is 11.9 Å². The number of fused-ring (bicyclic) bond motifs is 1. The van der Waals surface area contributed by atoms with Gasteiger partial charge in [-0.25, -0.2) is 0 Å². The van der Waals surface area contributed by atoms with Gasteiger partial charge in [-0.1, -0.05) is 32.0 Å². The second-order valence-electron chi connectivity index (χ2n) is 5.61. The number of nitrogens with one attached hydrogen (secondary N) is 2. The van der Waals surface area contributed by atoms with Crippen molar-refractivity contribution in [2.24, 2.45) is 11.8 Å². The monoisotopic (exact) mass is 257 g/mol. The molecule has 19 heavy (non-hydrogen) atoms. The summed E-state index contributed by atoms with van der Waals surface area (Å²) in [6, 6.07) is 7.99. The number of aromatic amines is 1. The van der Waals surface area contributed by atoms with Gasteiger partial charge in [0.2, 0.25) is 0 Å². The average Bonchev–Trinajstić information content (AvgIpc) is 2.97. The largest absolute Gasteiger partial charge is 0.348 e. The van der Waals surface area contributed by atoms with E-state index in [9.17, 15) is 4.79 Å². The maximum atomic E-state index is 12.3. The summed E-state index contributed by atoms with van der Waals surface area (Å²) in [5, 5.41) is 11.1. The molecule has 1 heterocycles. The quantitative estimate of drug-likeness (QED) is 0.869. The molecule has 0 saturated heterocycles. The molecule has 1 aliphatic carbocycles. The highest BCUT2D eigenvalue weighted by Crippen LogP contribution is 2.31. The van der Waals surface area contributed by atoms with E-state index >= 15 is 0 Å². The number of nitrogens with zero attached hydrogens (tertiary/aromatic N) is 1. The number of aromatic nitrogens is 2. The third-order valence-corrected chi connectivity index (χ3v) is 4.47. The van der Waals surface area contributed by atoms with Gasteiger partial charge in [0.05, 0.1) is 5.52 Å². The number of H-pyrrole nitrogens is 1. The van der Waals surface area contributed by atoms with Crippen LogP contribution in [0.25, 0.3) is 10.9 Å². The first-order valence-electron chi connectivity index (χ1n) is 6.91. The minimum atomic E-state index is -0.0663. The Bertz CT molecular complexity index is 604. The van der Waals surface area contributed by atoms with Crippen LogP contribution < -0.4 is 5.32 Å². The van der Waals surface area contributed by atoms with Crippen LogP contribution in [0.15, 0.2) is 24.3 Å². The molecule has 3 atom stereocenters. The van der Waals surface area contributed by atoms with Gasteiger partial charge >= 0.3 is 0 Å². The third kappa shape index (κ3) is 2.11. The van der Waals surface area contributed by atoms with Gasteiger partial charge in [0.1, 0.15) is 0 Å². The molecule has 0 radical (unpaired) electrons. The smallest absolute Gasteiger partial charge is 0.272 e. The van der Waals surface area contributed by atoms with Crippen molar-refractivity contribution in [2.45, 2.75) is 32.7 Å². The molecule has 0 aliphatic heterocycles. The Morgan fingerprint density at radius 1 is 1.32 bits per heavy atom. The van der Waals surface area contributed by atoms with Crippen molar-refractivity contribution in [1.82, 2.24) is 15.5 Å². The number of carbonyl (C=O) groups excluding carboxylic acids is 1. The predicted octanol–water partition coefficient (Wildman–Crippen LogP) is 2.73. The fraction of sp³-hybridized carbons (Fsp3) is 0.467. The first kappa shape index (κ1) is 12.2. The highest BCUT2D eigenvalue weighted by Gasteiger charge is 2.31. The molecular weight excluding hydrogens is 238 g/mol. The summed E-state index contributed by atoms with van der Waals surface area (Å²) in [7, 11) is 0. The van der Waals surface area contributed by atoms with Gasteiger partial charge in [-0.2, -0.15) is 5.10 Å². The SMILES string of the molecule is CC1CCC(NC(=O)c2n[nH]c3ccccc23)C1C. The summed E-state index contributed by atoms with van der Waals surface area (Å²) in [4.78, 5) is 12.3. The van der Waals surface area contributed by atoms with Crippen molar-refractivity contribution >= 4 is 16.8 Å². The van der Waals surface area contributed by atoms with Gasteiger partial charge < -0.3 is 5.32 Å². The molecule has 1 aliphatic rings. The zero-order valence-electron chi connectivity index (χ0n) is 11.3. The van der Waals surface area contributed by atoms with E-state index in [1.165, 1.54) is 6.42 Å². The lowest BCUT2D eigenvalue weighted by Crippen LogP contribution is -2.37. The molecule has 3 rings (SSSR count). The van der Waals surface area contributed by atoms with E-state index < -0.39 is 0 Å². The molecule has 100 valence electrons. The van der Waals surface area contributed by atoms with Gasteiger partial charge in [-0.15, -0.1) is 0 Å². The van der Waals surface area contributed by atoms with E-state index in [0.29, 0.717) is 17.5 Å². The Morgan fingerprint density at radius 3 is 2.84 bits per heavy atom. The van der Waals surface area contributed by atoms with Gasteiger partial charge in [0.15, 0.2) is 5.69 Å². The van der Waals surface area contributed by atoms with Crippen molar-refractivity contribution in [1.29, 1.82) is 0 Å². The number of amides is 1. The number of hydrogen-bond donors (Lipinski definition) is 2. The number of benzene rings is 1. The van der Waals surface area contributed by atoms with Crippen LogP contribution >= 0.6 is 0 Å². The van der Waals surface area contributed by atoms with Crippen LogP contribution in [0.2, 0.25) is 0 Å². The summed E-state index contributed by atoms with van der Waals surface area (Å²) >= 11 is 0. The van der Waals surface area contributed by atoms with Crippen molar-refractivity contribution in [3.63, 3.8) is 0 Å². The summed E-state index contributed by atoms with van der Waals surface area (Å²) in [6.07, 6.45) is 2.25. The van der Waals surface area contributed by atoms with Crippen LogP contribution in [-0.4, -0.2) is 22.1 Å². The van der Waals surface area contributed by atoms with Gasteiger partial charge in [-0.3, -0.25) is 9.89 Å². The van der Waals surface area contributed by atoms with Crippen molar-refractivity contribution in [3.05, 3.63) is 30.0 Å². The fourth-order valence-electron chi connectivity index (χ4n) is 2.94. The zero-order chi connectivity index (χ0) is 13.4. The van der Waals surface area contributed by atoms with E-state index in [1.807, 2.05) is 24.3 Å². The molecule has 0 spiro atoms. The average molecular weight is 257 g/mol. The number of para-hydroxylation sites is 1. The molecule has 3 unspecified atom stereocenters. The van der Waals surface area contributed by atoms with Crippen molar-refractivity contribution in [3.8, 4) is 0 Å². The molecular formula is C15H19N3O. The second-order valence-corrected chi connectivity index (χ2v) is 5.61. The minimum Gasteiger partial charge on any atom is -0.348 e. The third-order valence-electron chi connectivity index (χ3n) is 4.47. The van der Waals surface area contributed by atoms with Gasteiger partial charge in [0, 0.05) is 11.4 Å². The summed E-state index contributed by atoms with van der Waals surface area (Å²) < 4.78 is 0. The molecule has 2 N–H and O–H groups in total. The molecule has 1 fully saturated rings. The Balaban J connectivity index is 1.81. The Labute approximate surface area is 112 Å². The lowest BCUT2D eigenvalue weighted by atomic mass is 9.98. The molecule has 2 aromatic rings. The van der Waals surface area contributed by atoms with Gasteiger partial charge in [-0.05, 0) is 30.7 Å². The molecule has 4 nitrogen and oxygen atoms in total. The first-order chi connectivity index (χ1) is 9.16. The van der Waals surface area contributed by atoms with E-state index in [1.54, 1.807) is 0 Å². The molecule has 1 saturated carbocycles. The Kier molecular flexibility index (Phi) is 3.01. The van der Waals surface area contributed by atoms with Crippen LogP contribution in [-0.2, 0) is 0 Å². The highest BCUT2D eigenvalue weighted by molar-refractivity contribution is 6.04. The van der Waals surface area contributed by atoms with Crippen LogP contribution in [0, 0.1) is 11.8 Å². The molecule has 1 aromatic heterocycles. The Hall–Kier alpha value is -1.84. The molecule has 1 aromatic carbocycles. The van der Waals surface area contributed by atoms with Crippen molar-refractivity contribution in [2.75, 3.05) is 0 Å². The van der Waals surface area contributed by atoms with Crippen LogP contribution in [0.5, 0.6) is 0 Å². The standard InChI is InChI=1S/C15H19N3O/c1-9-7-8-12(10(9)2)16-15(19)14-11-5-3-4-6-13(11)17-18-14/h3-6,9-10,12H,7-8H2,1-2H3,(H,16,19)(H,17,18). The zero-order valence-corrected chi connectivity index (χ0v) is 11.3. The van der Waals surface area contributed by atoms with Gasteiger partial charge in [0.25, 0.3) is 5.91 Å². The summed E-state index contributed by atoms with van der Waals surface area (Å²) in [6.45, 7) is 4.46. The minimum absolute atomic E-state index is 0.0663. The predicted molar refractivity (Wildman–Crippen MR) is 74.9 cm³/mol. The normalized spacial score (nSPS) is 26.7. The summed E-state index contributed by atoms with van der Waals surface area (Å²) in [5.41, 5.74) is 1.41. The highest BCUT2D eigenvalue weighted by atomic mass is 16.2. The topological polar surface area (TPSA) is 57.8 Å². The van der Waals surface area contributed by atoms with E-state index in [4.69, 9.17) is 0 Å². The van der Waals surface area contributed by atoms with Crippen LogP contribution in [0.3, 0.4) is 0 Å². The number of rotatable bonds is 2. The fourth-order valence-corrected chi connectivity index (χ4v) is 2.94. The van der Waals surface area contributed by atoms with Crippen LogP contribution in [0.4, 0.5) is 0 Å². The van der Waals surface area contributed by atoms with E-state index in [0.717, 1.165) is 17.3 Å². The maximum Gasteiger partial charge on any atom is 0.272 e. The van der Waals surface area contributed by atoms with E-state index in [2.05, 4.69) is 29.4 Å². The maximum absolute atomic E-state index is 12.3. The molecule has 1 amide bonds. The molecule has 4 heteroatoms.